The molecule has 0 bridgehead atoms. The highest BCUT2D eigenvalue weighted by Crippen LogP contribution is 2.24. The minimum Gasteiger partial charge on any atom is -0.369 e. The zero-order valence-corrected chi connectivity index (χ0v) is 11.0. The minimum atomic E-state index is -0.135. The van der Waals surface area contributed by atoms with Gasteiger partial charge in [0.2, 0.25) is 0 Å². The van der Waals surface area contributed by atoms with Gasteiger partial charge in [0.25, 0.3) is 0 Å². The van der Waals surface area contributed by atoms with E-state index in [0.717, 1.165) is 32.5 Å². The largest absolute Gasteiger partial charge is 0.369 e. The van der Waals surface area contributed by atoms with Crippen molar-refractivity contribution in [2.45, 2.75) is 18.9 Å². The molecule has 0 aromatic heterocycles. The normalized spacial score (nSPS) is 17.9. The van der Waals surface area contributed by atoms with E-state index in [9.17, 15) is 4.39 Å². The van der Waals surface area contributed by atoms with Gasteiger partial charge >= 0.3 is 0 Å². The van der Waals surface area contributed by atoms with E-state index in [-0.39, 0.29) is 5.82 Å². The number of nitrogens with two attached hydrogens (primary N) is 1. The van der Waals surface area contributed by atoms with Gasteiger partial charge in [0.1, 0.15) is 5.82 Å². The van der Waals surface area contributed by atoms with E-state index in [4.69, 9.17) is 5.73 Å². The molecule has 3 nitrogen and oxygen atoms in total. The summed E-state index contributed by atoms with van der Waals surface area (Å²) < 4.78 is 13.7. The molecule has 0 aliphatic carbocycles. The summed E-state index contributed by atoms with van der Waals surface area (Å²) in [5, 5.41) is 0. The number of nitrogens with zero attached hydrogens (tertiary/aromatic N) is 2. The molecule has 0 saturated carbocycles. The van der Waals surface area contributed by atoms with Crippen molar-refractivity contribution in [3.8, 4) is 0 Å². The van der Waals surface area contributed by atoms with Gasteiger partial charge in [0, 0.05) is 39.3 Å². The summed E-state index contributed by atoms with van der Waals surface area (Å²) in [6, 6.07) is 7.42. The molecule has 100 valence electrons. The van der Waals surface area contributed by atoms with Crippen LogP contribution in [0.1, 0.15) is 12.8 Å². The van der Waals surface area contributed by atoms with E-state index in [0.29, 0.717) is 18.3 Å². The molecule has 2 rings (SSSR count). The summed E-state index contributed by atoms with van der Waals surface area (Å²) in [5.41, 5.74) is 6.27. The van der Waals surface area contributed by atoms with Crippen LogP contribution in [0.15, 0.2) is 24.3 Å². The van der Waals surface area contributed by atoms with Crippen LogP contribution in [0.2, 0.25) is 0 Å². The molecule has 2 N–H and O–H groups in total. The Morgan fingerprint density at radius 1 is 1.33 bits per heavy atom. The highest BCUT2D eigenvalue weighted by Gasteiger charge is 2.23. The topological polar surface area (TPSA) is 32.5 Å². The lowest BCUT2D eigenvalue weighted by molar-refractivity contribution is 0.216. The molecular formula is C14H22FN3. The van der Waals surface area contributed by atoms with Crippen molar-refractivity contribution in [3.05, 3.63) is 30.1 Å². The van der Waals surface area contributed by atoms with Crippen LogP contribution in [0, 0.1) is 5.82 Å². The van der Waals surface area contributed by atoms with Gasteiger partial charge in [-0.3, -0.25) is 0 Å². The van der Waals surface area contributed by atoms with Crippen LogP contribution < -0.4 is 10.6 Å². The van der Waals surface area contributed by atoms with Crippen molar-refractivity contribution in [2.24, 2.45) is 5.73 Å². The van der Waals surface area contributed by atoms with E-state index in [1.165, 1.54) is 6.07 Å². The van der Waals surface area contributed by atoms with Crippen LogP contribution in [-0.4, -0.2) is 44.2 Å². The van der Waals surface area contributed by atoms with Gasteiger partial charge in [0.15, 0.2) is 0 Å². The molecule has 0 spiro atoms. The van der Waals surface area contributed by atoms with Crippen LogP contribution in [-0.2, 0) is 0 Å². The summed E-state index contributed by atoms with van der Waals surface area (Å²) in [6.45, 7) is 3.80. The quantitative estimate of drug-likeness (QED) is 0.884. The predicted molar refractivity (Wildman–Crippen MR) is 73.3 cm³/mol. The van der Waals surface area contributed by atoms with Crippen LogP contribution in [0.25, 0.3) is 0 Å². The van der Waals surface area contributed by atoms with E-state index in [1.807, 2.05) is 19.2 Å². The SMILES string of the molecule is CN(c1ccccc1F)C1CCN(CCN)CC1. The molecule has 4 heteroatoms. The predicted octanol–water partition coefficient (Wildman–Crippen LogP) is 1.69. The highest BCUT2D eigenvalue weighted by atomic mass is 19.1. The Labute approximate surface area is 108 Å². The first-order valence-electron chi connectivity index (χ1n) is 6.62. The van der Waals surface area contributed by atoms with E-state index < -0.39 is 0 Å². The fraction of sp³-hybridized carbons (Fsp3) is 0.571. The van der Waals surface area contributed by atoms with Gasteiger partial charge in [-0.25, -0.2) is 4.39 Å². The number of para-hydroxylation sites is 1. The number of piperidine rings is 1. The summed E-state index contributed by atoms with van der Waals surface area (Å²) in [7, 11) is 1.99. The lowest BCUT2D eigenvalue weighted by Crippen LogP contribution is -2.45. The Kier molecular flexibility index (Phi) is 4.55. The van der Waals surface area contributed by atoms with Gasteiger partial charge in [0.05, 0.1) is 5.69 Å². The second-order valence-corrected chi connectivity index (χ2v) is 4.92. The van der Waals surface area contributed by atoms with Crippen molar-refractivity contribution in [3.63, 3.8) is 0 Å². The summed E-state index contributed by atoms with van der Waals surface area (Å²) in [6.07, 6.45) is 2.15. The van der Waals surface area contributed by atoms with Crippen molar-refractivity contribution < 1.29 is 4.39 Å². The highest BCUT2D eigenvalue weighted by molar-refractivity contribution is 5.47. The molecule has 18 heavy (non-hydrogen) atoms. The number of rotatable bonds is 4. The monoisotopic (exact) mass is 251 g/mol. The summed E-state index contributed by atoms with van der Waals surface area (Å²) >= 11 is 0. The standard InChI is InChI=1S/C14H22FN3/c1-17(14-5-3-2-4-13(14)15)12-6-9-18(10-7-12)11-8-16/h2-5,12H,6-11,16H2,1H3. The molecule has 0 unspecified atom stereocenters. The van der Waals surface area contributed by atoms with Gasteiger partial charge < -0.3 is 15.5 Å². The Balaban J connectivity index is 1.95. The van der Waals surface area contributed by atoms with Gasteiger partial charge in [-0.2, -0.15) is 0 Å². The van der Waals surface area contributed by atoms with Gasteiger partial charge in [-0.1, -0.05) is 12.1 Å². The maximum Gasteiger partial charge on any atom is 0.146 e. The second-order valence-electron chi connectivity index (χ2n) is 4.92. The molecule has 0 atom stereocenters. The number of halogens is 1. The average Bonchev–Trinajstić information content (AvgIpc) is 2.40. The van der Waals surface area contributed by atoms with Gasteiger partial charge in [-0.05, 0) is 25.0 Å². The fourth-order valence-corrected chi connectivity index (χ4v) is 2.65. The molecule has 1 heterocycles. The van der Waals surface area contributed by atoms with Crippen LogP contribution in [0.4, 0.5) is 10.1 Å². The Morgan fingerprint density at radius 3 is 2.61 bits per heavy atom. The van der Waals surface area contributed by atoms with Crippen molar-refractivity contribution >= 4 is 5.69 Å². The van der Waals surface area contributed by atoms with Crippen LogP contribution in [0.5, 0.6) is 0 Å². The number of hydrogen-bond acceptors (Lipinski definition) is 3. The third kappa shape index (κ3) is 3.00. The number of anilines is 1. The van der Waals surface area contributed by atoms with E-state index in [2.05, 4.69) is 9.80 Å². The van der Waals surface area contributed by atoms with Crippen LogP contribution >= 0.6 is 0 Å². The number of benzene rings is 1. The third-order valence-corrected chi connectivity index (χ3v) is 3.78. The van der Waals surface area contributed by atoms with E-state index >= 15 is 0 Å². The Morgan fingerprint density at radius 2 is 2.00 bits per heavy atom. The maximum absolute atomic E-state index is 13.7. The molecular weight excluding hydrogens is 229 g/mol. The molecule has 1 aliphatic rings. The summed E-state index contributed by atoms with van der Waals surface area (Å²) in [4.78, 5) is 4.46. The summed E-state index contributed by atoms with van der Waals surface area (Å²) in [5.74, 6) is -0.135. The maximum atomic E-state index is 13.7. The molecule has 0 amide bonds. The molecule has 1 saturated heterocycles. The third-order valence-electron chi connectivity index (χ3n) is 3.78. The van der Waals surface area contributed by atoms with Crippen molar-refractivity contribution in [1.82, 2.24) is 4.90 Å². The smallest absolute Gasteiger partial charge is 0.146 e. The molecule has 0 radical (unpaired) electrons. The van der Waals surface area contributed by atoms with Crippen molar-refractivity contribution in [1.29, 1.82) is 0 Å². The fourth-order valence-electron chi connectivity index (χ4n) is 2.65. The molecule has 1 aliphatic heterocycles. The Bertz CT molecular complexity index is 375. The first-order valence-corrected chi connectivity index (χ1v) is 6.62. The number of likely N-dealkylation sites (tertiary alicyclic amines) is 1. The first-order chi connectivity index (χ1) is 8.72. The lowest BCUT2D eigenvalue weighted by Gasteiger charge is -2.37. The zero-order valence-electron chi connectivity index (χ0n) is 11.0. The lowest BCUT2D eigenvalue weighted by atomic mass is 10.0. The van der Waals surface area contributed by atoms with Gasteiger partial charge in [-0.15, -0.1) is 0 Å². The average molecular weight is 251 g/mol. The Hall–Kier alpha value is -1.13. The second kappa shape index (κ2) is 6.16. The zero-order chi connectivity index (χ0) is 13.0. The van der Waals surface area contributed by atoms with Crippen LogP contribution in [0.3, 0.4) is 0 Å². The van der Waals surface area contributed by atoms with Crippen molar-refractivity contribution in [2.75, 3.05) is 38.1 Å². The minimum absolute atomic E-state index is 0.135. The van der Waals surface area contributed by atoms with E-state index in [1.54, 1.807) is 6.07 Å². The first kappa shape index (κ1) is 13.3. The molecule has 1 aromatic carbocycles. The number of hydrogen-bond donors (Lipinski definition) is 1. The molecule has 1 fully saturated rings. The molecule has 1 aromatic rings.